The maximum atomic E-state index is 13.1. The molecule has 0 spiro atoms. The van der Waals surface area contributed by atoms with E-state index in [1.165, 1.54) is 15.0 Å². The number of hydrogen-bond acceptors (Lipinski definition) is 4. The van der Waals surface area contributed by atoms with Crippen LogP contribution < -0.4 is 5.56 Å². The molecule has 1 fully saturated rings. The van der Waals surface area contributed by atoms with E-state index in [2.05, 4.69) is 35.3 Å². The van der Waals surface area contributed by atoms with Gasteiger partial charge in [0, 0.05) is 70.4 Å². The molecule has 154 valence electrons. The van der Waals surface area contributed by atoms with Gasteiger partial charge in [0.2, 0.25) is 0 Å². The van der Waals surface area contributed by atoms with Gasteiger partial charge >= 0.3 is 0 Å². The lowest BCUT2D eigenvalue weighted by atomic mass is 9.81. The van der Waals surface area contributed by atoms with Gasteiger partial charge in [-0.2, -0.15) is 0 Å². The van der Waals surface area contributed by atoms with Crippen LogP contribution in [0, 0.1) is 5.92 Å². The van der Waals surface area contributed by atoms with Crippen molar-refractivity contribution in [1.29, 1.82) is 0 Å². The number of likely N-dealkylation sites (tertiary alicyclic amines) is 1. The zero-order valence-corrected chi connectivity index (χ0v) is 17.7. The molecule has 2 atom stereocenters. The average Bonchev–Trinajstić information content (AvgIpc) is 3.24. The quantitative estimate of drug-likeness (QED) is 0.477. The van der Waals surface area contributed by atoms with Gasteiger partial charge in [-0.05, 0) is 48.1 Å². The summed E-state index contributed by atoms with van der Waals surface area (Å²) in [6.07, 6.45) is 4.33. The van der Waals surface area contributed by atoms with E-state index < -0.39 is 0 Å². The number of thiophene rings is 1. The Balaban J connectivity index is 1.43. The predicted molar refractivity (Wildman–Crippen MR) is 123 cm³/mol. The lowest BCUT2D eigenvalue weighted by Gasteiger charge is -2.43. The molecule has 2 aliphatic rings. The molecule has 6 heteroatoms. The van der Waals surface area contributed by atoms with E-state index in [-0.39, 0.29) is 17.4 Å². The SMILES string of the molecule is O=C(c1ccncc1)N1CC2CC(C1)c1c(-c3cc4ccccc4s3)ccc(=O)n1C2. The van der Waals surface area contributed by atoms with Crippen LogP contribution in [0.3, 0.4) is 0 Å². The summed E-state index contributed by atoms with van der Waals surface area (Å²) in [4.78, 5) is 33.0. The summed E-state index contributed by atoms with van der Waals surface area (Å²) in [7, 11) is 0. The third-order valence-corrected chi connectivity index (χ3v) is 7.64. The summed E-state index contributed by atoms with van der Waals surface area (Å²) >= 11 is 1.76. The smallest absolute Gasteiger partial charge is 0.253 e. The van der Waals surface area contributed by atoms with Crippen molar-refractivity contribution >= 4 is 27.3 Å². The average molecular weight is 428 g/mol. The third-order valence-electron chi connectivity index (χ3n) is 6.50. The van der Waals surface area contributed by atoms with Crippen LogP contribution in [0.15, 0.2) is 71.8 Å². The monoisotopic (exact) mass is 427 g/mol. The number of aromatic nitrogens is 2. The van der Waals surface area contributed by atoms with E-state index in [1.807, 2.05) is 15.5 Å². The van der Waals surface area contributed by atoms with Crippen LogP contribution in [-0.2, 0) is 6.54 Å². The van der Waals surface area contributed by atoms with Crippen LogP contribution in [0.5, 0.6) is 0 Å². The molecule has 3 aromatic heterocycles. The van der Waals surface area contributed by atoms with Gasteiger partial charge in [-0.15, -0.1) is 11.3 Å². The molecule has 1 aromatic carbocycles. The topological polar surface area (TPSA) is 55.2 Å². The fraction of sp³-hybridized carbons (Fsp3) is 0.240. The van der Waals surface area contributed by atoms with E-state index >= 15 is 0 Å². The largest absolute Gasteiger partial charge is 0.338 e. The maximum absolute atomic E-state index is 13.1. The van der Waals surface area contributed by atoms with Crippen LogP contribution in [0.25, 0.3) is 20.5 Å². The van der Waals surface area contributed by atoms with Crippen LogP contribution in [0.2, 0.25) is 0 Å². The maximum Gasteiger partial charge on any atom is 0.253 e. The second-order valence-corrected chi connectivity index (χ2v) is 9.56. The van der Waals surface area contributed by atoms with E-state index in [9.17, 15) is 9.59 Å². The van der Waals surface area contributed by atoms with Gasteiger partial charge in [0.1, 0.15) is 0 Å². The highest BCUT2D eigenvalue weighted by atomic mass is 32.1. The number of benzene rings is 1. The van der Waals surface area contributed by atoms with E-state index in [4.69, 9.17) is 0 Å². The first kappa shape index (κ1) is 18.5. The number of hydrogen-bond donors (Lipinski definition) is 0. The van der Waals surface area contributed by atoms with Crippen LogP contribution in [0.4, 0.5) is 0 Å². The van der Waals surface area contributed by atoms with Crippen molar-refractivity contribution in [2.24, 2.45) is 5.92 Å². The number of nitrogens with zero attached hydrogens (tertiary/aromatic N) is 3. The lowest BCUT2D eigenvalue weighted by Crippen LogP contribution is -2.49. The molecule has 1 saturated heterocycles. The number of amides is 1. The van der Waals surface area contributed by atoms with Crippen molar-refractivity contribution in [3.63, 3.8) is 0 Å². The van der Waals surface area contributed by atoms with E-state index in [0.717, 1.165) is 17.7 Å². The summed E-state index contributed by atoms with van der Waals surface area (Å²) in [5.41, 5.74) is 2.94. The van der Waals surface area contributed by atoms with E-state index in [0.29, 0.717) is 31.1 Å². The summed E-state index contributed by atoms with van der Waals surface area (Å²) in [5, 5.41) is 1.22. The Bertz CT molecular complexity index is 1330. The normalized spacial score (nSPS) is 19.9. The van der Waals surface area contributed by atoms with Crippen molar-refractivity contribution in [2.75, 3.05) is 13.1 Å². The Hall–Kier alpha value is -3.25. The second kappa shape index (κ2) is 7.17. The molecule has 0 radical (unpaired) electrons. The standard InChI is InChI=1S/C25H21N3O2S/c29-23-6-5-20(22-12-18-3-1-2-4-21(18)31-22)24-19-11-16(14-28(23)24)13-27(15-19)25(30)17-7-9-26-10-8-17/h1-10,12,16,19H,11,13-15H2. The van der Waals surface area contributed by atoms with Crippen molar-refractivity contribution < 1.29 is 4.79 Å². The molecule has 5 nitrogen and oxygen atoms in total. The summed E-state index contributed by atoms with van der Waals surface area (Å²) in [6, 6.07) is 17.8. The molecular weight excluding hydrogens is 406 g/mol. The van der Waals surface area contributed by atoms with Crippen molar-refractivity contribution in [3.05, 3.63) is 88.6 Å². The summed E-state index contributed by atoms with van der Waals surface area (Å²) in [6.45, 7) is 2.00. The van der Waals surface area contributed by atoms with Gasteiger partial charge in [-0.25, -0.2) is 0 Å². The number of piperidine rings is 1. The number of carbonyl (C=O) groups excluding carboxylic acids is 1. The van der Waals surface area contributed by atoms with Crippen molar-refractivity contribution in [3.8, 4) is 10.4 Å². The van der Waals surface area contributed by atoms with Crippen LogP contribution in [-0.4, -0.2) is 33.4 Å². The molecule has 2 aliphatic heterocycles. The fourth-order valence-electron chi connectivity index (χ4n) is 5.18. The number of carbonyl (C=O) groups is 1. The van der Waals surface area contributed by atoms with E-state index in [1.54, 1.807) is 41.9 Å². The molecule has 4 aromatic rings. The second-order valence-electron chi connectivity index (χ2n) is 8.47. The molecule has 5 heterocycles. The minimum atomic E-state index is 0.0484. The molecule has 31 heavy (non-hydrogen) atoms. The Labute approximate surface area is 183 Å². The van der Waals surface area contributed by atoms with Gasteiger partial charge in [0.15, 0.2) is 0 Å². The minimum Gasteiger partial charge on any atom is -0.338 e. The number of fused-ring (bicyclic) bond motifs is 5. The van der Waals surface area contributed by atoms with Crippen LogP contribution >= 0.6 is 11.3 Å². The van der Waals surface area contributed by atoms with Gasteiger partial charge in [0.05, 0.1) is 0 Å². The Morgan fingerprint density at radius 1 is 1.00 bits per heavy atom. The summed E-state index contributed by atoms with van der Waals surface area (Å²) in [5.74, 6) is 0.507. The molecule has 1 amide bonds. The molecule has 2 bridgehead atoms. The third kappa shape index (κ3) is 3.10. The van der Waals surface area contributed by atoms with Gasteiger partial charge < -0.3 is 9.47 Å². The Morgan fingerprint density at radius 2 is 1.84 bits per heavy atom. The molecule has 0 aliphatic carbocycles. The Kier molecular flexibility index (Phi) is 4.28. The highest BCUT2D eigenvalue weighted by Crippen LogP contribution is 2.42. The molecule has 2 unspecified atom stereocenters. The van der Waals surface area contributed by atoms with Gasteiger partial charge in [0.25, 0.3) is 11.5 Å². The summed E-state index contributed by atoms with van der Waals surface area (Å²) < 4.78 is 3.21. The van der Waals surface area contributed by atoms with Crippen molar-refractivity contribution in [2.45, 2.75) is 18.9 Å². The number of rotatable bonds is 2. The van der Waals surface area contributed by atoms with Crippen molar-refractivity contribution in [1.82, 2.24) is 14.5 Å². The zero-order chi connectivity index (χ0) is 20.9. The zero-order valence-electron chi connectivity index (χ0n) is 16.9. The van der Waals surface area contributed by atoms with Gasteiger partial charge in [-0.3, -0.25) is 14.6 Å². The molecule has 0 saturated carbocycles. The fourth-order valence-corrected chi connectivity index (χ4v) is 6.28. The number of pyridine rings is 2. The first-order valence-electron chi connectivity index (χ1n) is 10.6. The molecule has 0 N–H and O–H groups in total. The minimum absolute atomic E-state index is 0.0484. The first-order valence-corrected chi connectivity index (χ1v) is 11.4. The predicted octanol–water partition coefficient (Wildman–Crippen LogP) is 4.38. The molecular formula is C25H21N3O2S. The highest BCUT2D eigenvalue weighted by molar-refractivity contribution is 7.22. The van der Waals surface area contributed by atoms with Gasteiger partial charge in [-0.1, -0.05) is 18.2 Å². The lowest BCUT2D eigenvalue weighted by molar-refractivity contribution is 0.0595. The first-order chi connectivity index (χ1) is 15.2. The van der Waals surface area contributed by atoms with Crippen LogP contribution in [0.1, 0.15) is 28.4 Å². The Morgan fingerprint density at radius 3 is 2.68 bits per heavy atom. The molecule has 6 rings (SSSR count). The highest BCUT2D eigenvalue weighted by Gasteiger charge is 2.38.